The fourth-order valence-electron chi connectivity index (χ4n) is 3.23. The second kappa shape index (κ2) is 8.74. The molecule has 1 saturated heterocycles. The van der Waals surface area contributed by atoms with E-state index >= 15 is 0 Å². The summed E-state index contributed by atoms with van der Waals surface area (Å²) in [6.45, 7) is 1.13. The predicted molar refractivity (Wildman–Crippen MR) is 117 cm³/mol. The van der Waals surface area contributed by atoms with Gasteiger partial charge in [0.1, 0.15) is 10.7 Å². The van der Waals surface area contributed by atoms with E-state index in [9.17, 15) is 13.2 Å². The summed E-state index contributed by atoms with van der Waals surface area (Å²) in [6.07, 6.45) is 3.94. The number of amides is 1. The van der Waals surface area contributed by atoms with Crippen molar-refractivity contribution >= 4 is 44.3 Å². The van der Waals surface area contributed by atoms with Crippen LogP contribution in [0.3, 0.4) is 0 Å². The van der Waals surface area contributed by atoms with Crippen LogP contribution in [0, 0.1) is 0 Å². The highest BCUT2D eigenvalue weighted by atomic mass is 32.2. The first kappa shape index (κ1) is 20.2. The number of nitrogens with one attached hydrogen (secondary N) is 1. The van der Waals surface area contributed by atoms with E-state index in [0.717, 1.165) is 36.3 Å². The molecule has 6 nitrogen and oxygen atoms in total. The molecule has 0 radical (unpaired) electrons. The molecule has 1 amide bonds. The molecule has 4 rings (SSSR count). The van der Waals surface area contributed by atoms with E-state index in [4.69, 9.17) is 0 Å². The molecule has 3 heterocycles. The van der Waals surface area contributed by atoms with Gasteiger partial charge in [-0.15, -0.1) is 11.3 Å². The van der Waals surface area contributed by atoms with Crippen molar-refractivity contribution in [2.45, 2.75) is 30.6 Å². The van der Waals surface area contributed by atoms with Crippen LogP contribution in [-0.4, -0.2) is 36.7 Å². The van der Waals surface area contributed by atoms with E-state index in [-0.39, 0.29) is 10.8 Å². The Morgan fingerprint density at radius 1 is 1.00 bits per heavy atom. The van der Waals surface area contributed by atoms with Crippen LogP contribution >= 0.6 is 22.7 Å². The zero-order valence-electron chi connectivity index (χ0n) is 15.7. The second-order valence-electron chi connectivity index (χ2n) is 6.85. The van der Waals surface area contributed by atoms with Crippen molar-refractivity contribution in [2.75, 3.05) is 18.4 Å². The number of hydrogen-bond donors (Lipinski definition) is 1. The van der Waals surface area contributed by atoms with Gasteiger partial charge in [-0.1, -0.05) is 12.8 Å². The number of carbonyl (C=O) groups excluding carboxylic acids is 1. The van der Waals surface area contributed by atoms with Crippen LogP contribution in [0.5, 0.6) is 0 Å². The molecule has 9 heteroatoms. The Hall–Kier alpha value is -2.07. The zero-order chi connectivity index (χ0) is 20.3. The Bertz CT molecular complexity index is 1070. The minimum Gasteiger partial charge on any atom is -0.321 e. The minimum absolute atomic E-state index is 0.255. The highest BCUT2D eigenvalue weighted by Crippen LogP contribution is 2.26. The van der Waals surface area contributed by atoms with Gasteiger partial charge in [-0.3, -0.25) is 4.79 Å². The minimum atomic E-state index is -3.49. The van der Waals surface area contributed by atoms with E-state index < -0.39 is 10.0 Å². The maximum Gasteiger partial charge on any atom is 0.275 e. The summed E-state index contributed by atoms with van der Waals surface area (Å²) >= 11 is 3.00. The van der Waals surface area contributed by atoms with Gasteiger partial charge in [0.05, 0.1) is 4.90 Å². The maximum absolute atomic E-state index is 12.8. The molecule has 0 saturated carbocycles. The number of sulfonamides is 1. The molecule has 0 aliphatic carbocycles. The van der Waals surface area contributed by atoms with E-state index in [1.807, 2.05) is 16.8 Å². The Morgan fingerprint density at radius 3 is 2.38 bits per heavy atom. The van der Waals surface area contributed by atoms with Crippen molar-refractivity contribution in [2.24, 2.45) is 0 Å². The van der Waals surface area contributed by atoms with Gasteiger partial charge in [0.25, 0.3) is 5.91 Å². The quantitative estimate of drug-likeness (QED) is 0.615. The van der Waals surface area contributed by atoms with E-state index in [1.165, 1.54) is 11.3 Å². The van der Waals surface area contributed by atoms with Crippen LogP contribution in [0.15, 0.2) is 51.4 Å². The van der Waals surface area contributed by atoms with Gasteiger partial charge < -0.3 is 5.32 Å². The van der Waals surface area contributed by atoms with Gasteiger partial charge in [0.2, 0.25) is 10.0 Å². The molecule has 1 aliphatic heterocycles. The number of rotatable bonds is 5. The summed E-state index contributed by atoms with van der Waals surface area (Å²) < 4.78 is 27.2. The first-order valence-corrected chi connectivity index (χ1v) is 12.7. The Labute approximate surface area is 178 Å². The van der Waals surface area contributed by atoms with Gasteiger partial charge >= 0.3 is 0 Å². The van der Waals surface area contributed by atoms with Crippen molar-refractivity contribution in [1.29, 1.82) is 0 Å². The molecule has 1 aromatic carbocycles. The summed E-state index contributed by atoms with van der Waals surface area (Å²) in [5.74, 6) is -0.314. The van der Waals surface area contributed by atoms with Crippen LogP contribution in [0.1, 0.15) is 36.2 Å². The number of hydrogen-bond acceptors (Lipinski definition) is 6. The van der Waals surface area contributed by atoms with Crippen LogP contribution in [-0.2, 0) is 10.0 Å². The van der Waals surface area contributed by atoms with Crippen LogP contribution in [0.25, 0.3) is 10.6 Å². The molecular formula is C20H21N3O3S3. The summed E-state index contributed by atoms with van der Waals surface area (Å²) in [7, 11) is -3.49. The van der Waals surface area contributed by atoms with Crippen molar-refractivity contribution < 1.29 is 13.2 Å². The molecule has 152 valence electrons. The molecule has 3 aromatic rings. The Kier molecular flexibility index (Phi) is 6.09. The maximum atomic E-state index is 12.8. The number of anilines is 1. The van der Waals surface area contributed by atoms with Crippen LogP contribution < -0.4 is 5.32 Å². The number of thiophene rings is 1. The molecule has 1 aliphatic rings. The lowest BCUT2D eigenvalue weighted by Crippen LogP contribution is -2.31. The number of thiazole rings is 1. The molecule has 0 spiro atoms. The number of carbonyl (C=O) groups is 1. The topological polar surface area (TPSA) is 79.4 Å². The van der Waals surface area contributed by atoms with E-state index in [1.54, 1.807) is 45.3 Å². The molecular weight excluding hydrogens is 426 g/mol. The van der Waals surface area contributed by atoms with Crippen molar-refractivity contribution in [3.8, 4) is 10.6 Å². The second-order valence-corrected chi connectivity index (χ2v) is 10.4. The third-order valence-electron chi connectivity index (χ3n) is 4.82. The summed E-state index contributed by atoms with van der Waals surface area (Å²) in [5.41, 5.74) is 1.88. The molecule has 0 bridgehead atoms. The zero-order valence-corrected chi connectivity index (χ0v) is 18.2. The van der Waals surface area contributed by atoms with E-state index in [0.29, 0.717) is 24.5 Å². The standard InChI is InChI=1S/C20H21N3O3S3/c24-19(18-14-28-20(22-18)15-9-12-27-13-15)21-16-5-7-17(8-6-16)29(25,26)23-10-3-1-2-4-11-23/h5-9,12-14H,1-4,10-11H2,(H,21,24). The molecule has 2 aromatic heterocycles. The summed E-state index contributed by atoms with van der Waals surface area (Å²) in [6, 6.07) is 8.31. The van der Waals surface area contributed by atoms with Crippen molar-refractivity contribution in [3.63, 3.8) is 0 Å². The predicted octanol–water partition coefficient (Wildman–Crippen LogP) is 4.69. The van der Waals surface area contributed by atoms with Crippen molar-refractivity contribution in [3.05, 3.63) is 52.2 Å². The Balaban J connectivity index is 1.44. The average Bonchev–Trinajstić information content (AvgIpc) is 3.35. The monoisotopic (exact) mass is 447 g/mol. The molecule has 29 heavy (non-hydrogen) atoms. The summed E-state index contributed by atoms with van der Waals surface area (Å²) in [4.78, 5) is 17.1. The molecule has 0 atom stereocenters. The van der Waals surface area contributed by atoms with Gasteiger partial charge in [0, 0.05) is 35.1 Å². The highest BCUT2D eigenvalue weighted by Gasteiger charge is 2.25. The number of aromatic nitrogens is 1. The van der Waals surface area contributed by atoms with Crippen LogP contribution in [0.2, 0.25) is 0 Å². The smallest absolute Gasteiger partial charge is 0.275 e. The lowest BCUT2D eigenvalue weighted by molar-refractivity contribution is 0.102. The average molecular weight is 448 g/mol. The lowest BCUT2D eigenvalue weighted by atomic mass is 10.2. The van der Waals surface area contributed by atoms with E-state index in [2.05, 4.69) is 10.3 Å². The third-order valence-corrected chi connectivity index (χ3v) is 8.31. The van der Waals surface area contributed by atoms with Gasteiger partial charge in [-0.25, -0.2) is 13.4 Å². The molecule has 0 unspecified atom stereocenters. The normalized spacial score (nSPS) is 15.7. The van der Waals surface area contributed by atoms with Gasteiger partial charge in [-0.05, 0) is 48.6 Å². The van der Waals surface area contributed by atoms with Gasteiger partial charge in [0.15, 0.2) is 0 Å². The highest BCUT2D eigenvalue weighted by molar-refractivity contribution is 7.89. The third kappa shape index (κ3) is 4.58. The number of nitrogens with zero attached hydrogens (tertiary/aromatic N) is 2. The summed E-state index contributed by atoms with van der Waals surface area (Å²) in [5, 5.41) is 9.27. The number of benzene rings is 1. The fourth-order valence-corrected chi connectivity index (χ4v) is 6.26. The molecule has 1 N–H and O–H groups in total. The Morgan fingerprint density at radius 2 is 1.72 bits per heavy atom. The van der Waals surface area contributed by atoms with Gasteiger partial charge in [-0.2, -0.15) is 15.6 Å². The fraction of sp³-hybridized carbons (Fsp3) is 0.300. The first-order valence-electron chi connectivity index (χ1n) is 9.44. The largest absolute Gasteiger partial charge is 0.321 e. The SMILES string of the molecule is O=C(Nc1ccc(S(=O)(=O)N2CCCCCC2)cc1)c1csc(-c2ccsc2)n1. The van der Waals surface area contributed by atoms with Crippen molar-refractivity contribution in [1.82, 2.24) is 9.29 Å². The first-order chi connectivity index (χ1) is 14.0. The molecule has 1 fully saturated rings. The lowest BCUT2D eigenvalue weighted by Gasteiger charge is -2.20. The van der Waals surface area contributed by atoms with Crippen LogP contribution in [0.4, 0.5) is 5.69 Å².